The van der Waals surface area contributed by atoms with Gasteiger partial charge < -0.3 is 5.32 Å². The molecule has 1 unspecified atom stereocenters. The SMILES string of the molecule is CC(NC(=O)C=Cc1ccccn1)c1ccc(NS(C)(=O)=O)cc1. The van der Waals surface area contributed by atoms with Crippen molar-refractivity contribution in [2.45, 2.75) is 13.0 Å². The maximum absolute atomic E-state index is 11.9. The van der Waals surface area contributed by atoms with Crippen LogP contribution in [0.3, 0.4) is 0 Å². The highest BCUT2D eigenvalue weighted by atomic mass is 32.2. The second kappa shape index (κ2) is 7.74. The van der Waals surface area contributed by atoms with Crippen molar-refractivity contribution in [1.82, 2.24) is 10.3 Å². The Morgan fingerprint density at radius 2 is 1.88 bits per heavy atom. The van der Waals surface area contributed by atoms with Gasteiger partial charge in [0.1, 0.15) is 0 Å². The van der Waals surface area contributed by atoms with Gasteiger partial charge in [0.15, 0.2) is 0 Å². The molecule has 24 heavy (non-hydrogen) atoms. The standard InChI is InChI=1S/C17H19N3O3S/c1-13(14-6-8-16(9-7-14)20-24(2,22)23)19-17(21)11-10-15-5-3-4-12-18-15/h3-13,20H,1-2H3,(H,19,21). The number of pyridine rings is 1. The summed E-state index contributed by atoms with van der Waals surface area (Å²) in [6, 6.07) is 12.1. The van der Waals surface area contributed by atoms with Crippen molar-refractivity contribution >= 4 is 27.7 Å². The Kier molecular flexibility index (Phi) is 5.70. The lowest BCUT2D eigenvalue weighted by molar-refractivity contribution is -0.117. The van der Waals surface area contributed by atoms with Crippen molar-refractivity contribution in [1.29, 1.82) is 0 Å². The number of anilines is 1. The lowest BCUT2D eigenvalue weighted by atomic mass is 10.1. The molecule has 0 spiro atoms. The quantitative estimate of drug-likeness (QED) is 0.787. The molecule has 0 radical (unpaired) electrons. The number of amides is 1. The minimum absolute atomic E-state index is 0.210. The Bertz CT molecular complexity index is 816. The van der Waals surface area contributed by atoms with Gasteiger partial charge in [0.2, 0.25) is 15.9 Å². The molecule has 2 rings (SSSR count). The topological polar surface area (TPSA) is 88.2 Å². The first-order chi connectivity index (χ1) is 11.3. The van der Waals surface area contributed by atoms with E-state index in [2.05, 4.69) is 15.0 Å². The molecule has 6 nitrogen and oxygen atoms in total. The highest BCUT2D eigenvalue weighted by Gasteiger charge is 2.08. The van der Waals surface area contributed by atoms with Gasteiger partial charge in [-0.3, -0.25) is 14.5 Å². The number of sulfonamides is 1. The van der Waals surface area contributed by atoms with E-state index in [1.54, 1.807) is 42.6 Å². The number of nitrogens with one attached hydrogen (secondary N) is 2. The zero-order valence-corrected chi connectivity index (χ0v) is 14.2. The van der Waals surface area contributed by atoms with Crippen LogP contribution in [0.25, 0.3) is 6.08 Å². The summed E-state index contributed by atoms with van der Waals surface area (Å²) in [6.07, 6.45) is 5.82. The number of carbonyl (C=O) groups excluding carboxylic acids is 1. The molecule has 0 saturated carbocycles. The molecule has 1 aromatic carbocycles. The molecule has 2 N–H and O–H groups in total. The van der Waals surface area contributed by atoms with Gasteiger partial charge >= 0.3 is 0 Å². The van der Waals surface area contributed by atoms with E-state index in [-0.39, 0.29) is 11.9 Å². The third kappa shape index (κ3) is 5.85. The Hall–Kier alpha value is -2.67. The predicted octanol–water partition coefficient (Wildman–Crippen LogP) is 2.34. The molecule has 0 aliphatic rings. The highest BCUT2D eigenvalue weighted by Crippen LogP contribution is 2.16. The van der Waals surface area contributed by atoms with E-state index >= 15 is 0 Å². The van der Waals surface area contributed by atoms with Gasteiger partial charge in [-0.2, -0.15) is 0 Å². The van der Waals surface area contributed by atoms with E-state index in [1.165, 1.54) is 6.08 Å². The first kappa shape index (κ1) is 17.7. The fourth-order valence-corrected chi connectivity index (χ4v) is 2.60. The third-order valence-electron chi connectivity index (χ3n) is 3.17. The van der Waals surface area contributed by atoms with Gasteiger partial charge in [-0.1, -0.05) is 18.2 Å². The minimum Gasteiger partial charge on any atom is -0.346 e. The number of nitrogens with zero attached hydrogens (tertiary/aromatic N) is 1. The van der Waals surface area contributed by atoms with Gasteiger partial charge in [-0.25, -0.2) is 8.42 Å². The van der Waals surface area contributed by atoms with E-state index in [0.717, 1.165) is 11.8 Å². The van der Waals surface area contributed by atoms with Crippen LogP contribution in [0, 0.1) is 0 Å². The lowest BCUT2D eigenvalue weighted by Gasteiger charge is -2.13. The molecule has 1 atom stereocenters. The summed E-state index contributed by atoms with van der Waals surface area (Å²) >= 11 is 0. The van der Waals surface area contributed by atoms with Gasteiger partial charge in [0.05, 0.1) is 18.0 Å². The van der Waals surface area contributed by atoms with Crippen LogP contribution in [0.5, 0.6) is 0 Å². The van der Waals surface area contributed by atoms with Crippen molar-refractivity contribution in [3.8, 4) is 0 Å². The Balaban J connectivity index is 1.95. The smallest absolute Gasteiger partial charge is 0.244 e. The van der Waals surface area contributed by atoms with Crippen LogP contribution in [0.15, 0.2) is 54.7 Å². The molecule has 0 aliphatic heterocycles. The normalized spacial score (nSPS) is 12.8. The van der Waals surface area contributed by atoms with Crippen molar-refractivity contribution < 1.29 is 13.2 Å². The summed E-state index contributed by atoms with van der Waals surface area (Å²) in [5.41, 5.74) is 2.06. The third-order valence-corrected chi connectivity index (χ3v) is 3.77. The van der Waals surface area contributed by atoms with E-state index in [4.69, 9.17) is 0 Å². The number of carbonyl (C=O) groups is 1. The van der Waals surface area contributed by atoms with E-state index in [1.807, 2.05) is 19.1 Å². The number of rotatable bonds is 6. The van der Waals surface area contributed by atoms with Gasteiger partial charge in [-0.15, -0.1) is 0 Å². The molecule has 7 heteroatoms. The molecule has 1 heterocycles. The maximum Gasteiger partial charge on any atom is 0.244 e. The monoisotopic (exact) mass is 345 g/mol. The Morgan fingerprint density at radius 3 is 2.46 bits per heavy atom. The highest BCUT2D eigenvalue weighted by molar-refractivity contribution is 7.92. The van der Waals surface area contributed by atoms with Crippen molar-refractivity contribution in [3.63, 3.8) is 0 Å². The van der Waals surface area contributed by atoms with Gasteiger partial charge in [0.25, 0.3) is 0 Å². The predicted molar refractivity (Wildman–Crippen MR) is 94.7 cm³/mol. The summed E-state index contributed by atoms with van der Waals surface area (Å²) < 4.78 is 24.7. The summed E-state index contributed by atoms with van der Waals surface area (Å²) in [7, 11) is -3.30. The van der Waals surface area contributed by atoms with Gasteiger partial charge in [0, 0.05) is 18.0 Å². The molecule has 0 aliphatic carbocycles. The van der Waals surface area contributed by atoms with Crippen LogP contribution in [0.1, 0.15) is 24.2 Å². The molecule has 0 saturated heterocycles. The fourth-order valence-electron chi connectivity index (χ4n) is 2.03. The molecular weight excluding hydrogens is 326 g/mol. The number of hydrogen-bond donors (Lipinski definition) is 2. The molecule has 1 amide bonds. The average Bonchev–Trinajstić information content (AvgIpc) is 2.53. The molecule has 2 aromatic rings. The number of aromatic nitrogens is 1. The Morgan fingerprint density at radius 1 is 1.17 bits per heavy atom. The fraction of sp³-hybridized carbons (Fsp3) is 0.176. The van der Waals surface area contributed by atoms with Crippen LogP contribution in [0.4, 0.5) is 5.69 Å². The minimum atomic E-state index is -3.30. The largest absolute Gasteiger partial charge is 0.346 e. The van der Waals surface area contributed by atoms with E-state index < -0.39 is 10.0 Å². The van der Waals surface area contributed by atoms with Crippen LogP contribution < -0.4 is 10.0 Å². The first-order valence-electron chi connectivity index (χ1n) is 7.31. The zero-order valence-electron chi connectivity index (χ0n) is 13.4. The van der Waals surface area contributed by atoms with Crippen molar-refractivity contribution in [2.75, 3.05) is 11.0 Å². The van der Waals surface area contributed by atoms with Crippen LogP contribution in [0.2, 0.25) is 0 Å². The second-order valence-electron chi connectivity index (χ2n) is 5.31. The van der Waals surface area contributed by atoms with Gasteiger partial charge in [-0.05, 0) is 42.8 Å². The zero-order chi connectivity index (χ0) is 17.6. The molecular formula is C17H19N3O3S. The second-order valence-corrected chi connectivity index (χ2v) is 7.06. The first-order valence-corrected chi connectivity index (χ1v) is 9.20. The average molecular weight is 345 g/mol. The summed E-state index contributed by atoms with van der Waals surface area (Å²) in [5.74, 6) is -0.230. The van der Waals surface area contributed by atoms with E-state index in [9.17, 15) is 13.2 Å². The van der Waals surface area contributed by atoms with Crippen molar-refractivity contribution in [2.24, 2.45) is 0 Å². The molecule has 126 valence electrons. The Labute approximate surface area is 141 Å². The van der Waals surface area contributed by atoms with Crippen LogP contribution in [-0.4, -0.2) is 25.6 Å². The van der Waals surface area contributed by atoms with Crippen LogP contribution >= 0.6 is 0 Å². The van der Waals surface area contributed by atoms with Crippen LogP contribution in [-0.2, 0) is 14.8 Å². The summed E-state index contributed by atoms with van der Waals surface area (Å²) in [4.78, 5) is 16.0. The maximum atomic E-state index is 11.9. The number of hydrogen-bond acceptors (Lipinski definition) is 4. The summed E-state index contributed by atoms with van der Waals surface area (Å²) in [6.45, 7) is 1.85. The molecule has 0 fully saturated rings. The molecule has 0 bridgehead atoms. The number of benzene rings is 1. The molecule has 1 aromatic heterocycles. The lowest BCUT2D eigenvalue weighted by Crippen LogP contribution is -2.24. The summed E-state index contributed by atoms with van der Waals surface area (Å²) in [5, 5.41) is 2.84. The van der Waals surface area contributed by atoms with E-state index in [0.29, 0.717) is 11.4 Å². The van der Waals surface area contributed by atoms with Crippen molar-refractivity contribution in [3.05, 3.63) is 66.0 Å².